The van der Waals surface area contributed by atoms with Crippen molar-refractivity contribution >= 4 is 35.0 Å². The molecule has 0 saturated carbocycles. The average Bonchev–Trinajstić information content (AvgIpc) is 3.51. The Morgan fingerprint density at radius 2 is 1.78 bits per heavy atom. The number of hydrogen-bond acceptors (Lipinski definition) is 8. The molecule has 1 heterocycles. The van der Waals surface area contributed by atoms with Crippen molar-refractivity contribution in [2.24, 2.45) is 10.1 Å². The second-order valence-electron chi connectivity index (χ2n) is 11.5. The van der Waals surface area contributed by atoms with Crippen molar-refractivity contribution < 1.29 is 28.8 Å². The fraction of sp³-hybridized carbons (Fsp3) is 0.297. The van der Waals surface area contributed by atoms with Crippen LogP contribution in [0, 0.1) is 0 Å². The minimum absolute atomic E-state index is 0.0296. The van der Waals surface area contributed by atoms with Gasteiger partial charge in [0.1, 0.15) is 5.75 Å². The Kier molecular flexibility index (Phi) is 12.5. The lowest BCUT2D eigenvalue weighted by atomic mass is 9.80. The van der Waals surface area contributed by atoms with Gasteiger partial charge in [-0.2, -0.15) is 0 Å². The lowest BCUT2D eigenvalue weighted by molar-refractivity contribution is -0.128. The molecule has 1 aliphatic heterocycles. The molecule has 0 saturated heterocycles. The van der Waals surface area contributed by atoms with Crippen LogP contribution < -0.4 is 19.5 Å². The largest absolute Gasteiger partial charge is 0.494 e. The summed E-state index contributed by atoms with van der Waals surface area (Å²) in [6, 6.07) is 25.2. The van der Waals surface area contributed by atoms with E-state index in [0.29, 0.717) is 57.9 Å². The summed E-state index contributed by atoms with van der Waals surface area (Å²) < 4.78 is 23.2. The van der Waals surface area contributed by atoms with Crippen LogP contribution in [-0.2, 0) is 28.9 Å². The molecule has 0 radical (unpaired) electrons. The van der Waals surface area contributed by atoms with Gasteiger partial charge < -0.3 is 29.4 Å². The van der Waals surface area contributed by atoms with Gasteiger partial charge in [-0.3, -0.25) is 4.79 Å². The van der Waals surface area contributed by atoms with E-state index >= 15 is 0 Å². The number of carbonyl (C=O) groups excluding carboxylic acids is 1. The Bertz CT molecular complexity index is 1880. The highest BCUT2D eigenvalue weighted by Crippen LogP contribution is 2.45. The smallest absolute Gasteiger partial charge is 0.252 e. The number of carbonyl (C=O) groups is 1. The summed E-state index contributed by atoms with van der Waals surface area (Å²) in [5.41, 5.74) is 11.1. The second kappa shape index (κ2) is 17.1. The van der Waals surface area contributed by atoms with Crippen LogP contribution in [0.25, 0.3) is 10.4 Å². The third-order valence-electron chi connectivity index (χ3n) is 8.30. The van der Waals surface area contributed by atoms with Gasteiger partial charge in [0.2, 0.25) is 5.90 Å². The van der Waals surface area contributed by atoms with Gasteiger partial charge in [0.15, 0.2) is 23.1 Å². The topological polar surface area (TPSA) is 147 Å². The Hall–Kier alpha value is -4.93. The summed E-state index contributed by atoms with van der Waals surface area (Å²) in [6.07, 6.45) is 0.140. The Morgan fingerprint density at radius 3 is 2.48 bits per heavy atom. The maximum atomic E-state index is 14.7. The molecule has 0 aromatic heterocycles. The summed E-state index contributed by atoms with van der Waals surface area (Å²) in [5.74, 6) is 1.67. The van der Waals surface area contributed by atoms with Crippen molar-refractivity contribution in [2.75, 3.05) is 34.0 Å². The highest BCUT2D eigenvalue weighted by atomic mass is 35.5. The first-order valence-electron chi connectivity index (χ1n) is 15.9. The van der Waals surface area contributed by atoms with Crippen LogP contribution in [-0.4, -0.2) is 56.4 Å². The molecule has 11 nitrogen and oxygen atoms in total. The molecule has 50 heavy (non-hydrogen) atoms. The standard InChI is InChI=1S/C37H37Cl2N5O6/c1-47-32-15-8-24(20-33(32)48-2)16-17-41-36(46)37(22-26-6-3-4-7-27(26)23-42-44-40)34(30-14-11-28(38)21-31(30)39)50-35(43-37)25-9-12-29(13-10-25)49-19-5-18-45/h3-4,6-15,20-21,34,45H,5,16-19,22-23H2,1-2H3,(H,41,46)/t34-,37-/m1/s1. The fourth-order valence-corrected chi connectivity index (χ4v) is 6.27. The number of benzene rings is 4. The number of hydrogen-bond donors (Lipinski definition) is 2. The molecule has 0 bridgehead atoms. The van der Waals surface area contributed by atoms with Crippen molar-refractivity contribution in [3.05, 3.63) is 133 Å². The van der Waals surface area contributed by atoms with Gasteiger partial charge in [-0.15, -0.1) is 0 Å². The predicted octanol–water partition coefficient (Wildman–Crippen LogP) is 7.44. The van der Waals surface area contributed by atoms with Crippen LogP contribution >= 0.6 is 23.2 Å². The molecule has 1 aliphatic rings. The van der Waals surface area contributed by atoms with Gasteiger partial charge >= 0.3 is 0 Å². The number of methoxy groups -OCH3 is 2. The third kappa shape index (κ3) is 8.43. The summed E-state index contributed by atoms with van der Waals surface area (Å²) in [4.78, 5) is 22.7. The van der Waals surface area contributed by atoms with Gasteiger partial charge in [0.25, 0.3) is 5.91 Å². The van der Waals surface area contributed by atoms with Crippen molar-refractivity contribution in [1.29, 1.82) is 0 Å². The molecule has 2 atom stereocenters. The minimum Gasteiger partial charge on any atom is -0.494 e. The molecule has 2 N–H and O–H groups in total. The normalized spacial score (nSPS) is 16.5. The van der Waals surface area contributed by atoms with Gasteiger partial charge in [0, 0.05) is 52.1 Å². The first-order chi connectivity index (χ1) is 24.3. The van der Waals surface area contributed by atoms with E-state index in [1.54, 1.807) is 56.7 Å². The number of rotatable bonds is 16. The molecule has 4 aromatic rings. The van der Waals surface area contributed by atoms with E-state index in [2.05, 4.69) is 15.3 Å². The van der Waals surface area contributed by atoms with Crippen LogP contribution in [0.1, 0.15) is 40.3 Å². The summed E-state index contributed by atoms with van der Waals surface area (Å²) in [5, 5.41) is 16.7. The van der Waals surface area contributed by atoms with Crippen LogP contribution in [0.15, 0.2) is 95.0 Å². The van der Waals surface area contributed by atoms with E-state index in [9.17, 15) is 4.79 Å². The molecule has 0 aliphatic carbocycles. The first kappa shape index (κ1) is 36.4. The molecule has 1 amide bonds. The monoisotopic (exact) mass is 717 g/mol. The van der Waals surface area contributed by atoms with E-state index < -0.39 is 11.6 Å². The first-order valence-corrected chi connectivity index (χ1v) is 16.7. The number of nitrogens with zero attached hydrogens (tertiary/aromatic N) is 4. The third-order valence-corrected chi connectivity index (χ3v) is 8.87. The summed E-state index contributed by atoms with van der Waals surface area (Å²) in [7, 11) is 3.15. The van der Waals surface area contributed by atoms with Gasteiger partial charge in [-0.05, 0) is 77.2 Å². The maximum absolute atomic E-state index is 14.7. The lowest BCUT2D eigenvalue weighted by Crippen LogP contribution is -2.50. The lowest BCUT2D eigenvalue weighted by Gasteiger charge is -2.32. The average molecular weight is 719 g/mol. The number of ether oxygens (including phenoxy) is 4. The van der Waals surface area contributed by atoms with E-state index in [1.165, 1.54) is 0 Å². The van der Waals surface area contributed by atoms with Gasteiger partial charge in [0.05, 0.1) is 27.4 Å². The van der Waals surface area contributed by atoms with Crippen molar-refractivity contribution in [2.45, 2.75) is 37.5 Å². The number of halogens is 2. The van der Waals surface area contributed by atoms with Crippen LogP contribution in [0.2, 0.25) is 10.0 Å². The number of azide groups is 1. The van der Waals surface area contributed by atoms with Gasteiger partial charge in [-0.25, -0.2) is 4.99 Å². The Labute approximate surface area is 300 Å². The number of aliphatic hydroxyl groups excluding tert-OH is 1. The highest BCUT2D eigenvalue weighted by molar-refractivity contribution is 6.35. The molecule has 5 rings (SSSR count). The number of aliphatic imine (C=N–C) groups is 1. The predicted molar refractivity (Wildman–Crippen MR) is 192 cm³/mol. The molecule has 4 aromatic carbocycles. The summed E-state index contributed by atoms with van der Waals surface area (Å²) >= 11 is 13.1. The number of nitrogens with one attached hydrogen (secondary N) is 1. The van der Waals surface area contributed by atoms with E-state index in [4.69, 9.17) is 57.8 Å². The molecule has 13 heteroatoms. The van der Waals surface area contributed by atoms with E-state index in [-0.39, 0.29) is 37.9 Å². The van der Waals surface area contributed by atoms with Gasteiger partial charge in [-0.1, -0.05) is 64.7 Å². The number of amides is 1. The van der Waals surface area contributed by atoms with Crippen molar-refractivity contribution in [3.8, 4) is 17.2 Å². The Balaban J connectivity index is 1.56. The van der Waals surface area contributed by atoms with Crippen LogP contribution in [0.3, 0.4) is 0 Å². The highest BCUT2D eigenvalue weighted by Gasteiger charge is 2.54. The number of aliphatic hydroxyl groups is 1. The molecule has 260 valence electrons. The molecule has 0 fully saturated rings. The van der Waals surface area contributed by atoms with E-state index in [1.807, 2.05) is 42.5 Å². The summed E-state index contributed by atoms with van der Waals surface area (Å²) in [6.45, 7) is 0.765. The quantitative estimate of drug-likeness (QED) is 0.0533. The second-order valence-corrected chi connectivity index (χ2v) is 12.3. The SMILES string of the molecule is COc1ccc(CCNC(=O)[C@]2(Cc3ccccc3CN=[N+]=[N-])N=C(c3ccc(OCCCO)cc3)O[C@@H]2c2ccc(Cl)cc2Cl)cc1OC. The minimum atomic E-state index is -1.55. The van der Waals surface area contributed by atoms with E-state index in [0.717, 1.165) is 16.7 Å². The van der Waals surface area contributed by atoms with Crippen LogP contribution in [0.5, 0.6) is 17.2 Å². The molecular formula is C37H37Cl2N5O6. The zero-order chi connectivity index (χ0) is 35.5. The van der Waals surface area contributed by atoms with Crippen molar-refractivity contribution in [1.82, 2.24) is 5.32 Å². The molecular weight excluding hydrogens is 681 g/mol. The zero-order valence-corrected chi connectivity index (χ0v) is 29.2. The van der Waals surface area contributed by atoms with Crippen molar-refractivity contribution in [3.63, 3.8) is 0 Å². The van der Waals surface area contributed by atoms with Crippen LogP contribution in [0.4, 0.5) is 0 Å². The molecule has 0 spiro atoms. The molecule has 0 unspecified atom stereocenters. The Morgan fingerprint density at radius 1 is 1.02 bits per heavy atom. The zero-order valence-electron chi connectivity index (χ0n) is 27.6. The maximum Gasteiger partial charge on any atom is 0.252 e. The fourth-order valence-electron chi connectivity index (χ4n) is 5.77.